The van der Waals surface area contributed by atoms with E-state index in [9.17, 15) is 0 Å². The van der Waals surface area contributed by atoms with Gasteiger partial charge in [0.2, 0.25) is 0 Å². The Morgan fingerprint density at radius 2 is 0.859 bits per heavy atom. The second-order valence-corrected chi connectivity index (χ2v) is 24.1. The number of rotatable bonds is 10. The predicted molar refractivity (Wildman–Crippen MR) is 334 cm³/mol. The van der Waals surface area contributed by atoms with Crippen molar-refractivity contribution in [2.75, 3.05) is 0 Å². The smallest absolute Gasteiger partial charge is 0.252 e. The maximum Gasteiger partial charge on any atom is 0.252 e. The van der Waals surface area contributed by atoms with E-state index in [1.165, 1.54) is 160 Å². The molecule has 378 valence electrons. The van der Waals surface area contributed by atoms with Crippen LogP contribution >= 0.6 is 0 Å². The number of hydrogen-bond acceptors (Lipinski definition) is 0. The molecule has 0 fully saturated rings. The number of nitrogens with zero attached hydrogens (tertiary/aromatic N) is 2. The largest absolute Gasteiger partial charge is 0.310 e. The number of fused-ring (bicyclic) bond motifs is 15. The van der Waals surface area contributed by atoms with Gasteiger partial charge in [0.05, 0.1) is 22.1 Å². The second kappa shape index (κ2) is 16.6. The highest BCUT2D eigenvalue weighted by Gasteiger charge is 2.55. The fraction of sp³-hybridized carbons (Fsp3) is 0.227. The third kappa shape index (κ3) is 5.75. The molecule has 3 aliphatic heterocycles. The summed E-state index contributed by atoms with van der Waals surface area (Å²) >= 11 is 0. The monoisotopic (exact) mass is 1000 g/mol. The van der Waals surface area contributed by atoms with E-state index in [0.717, 1.165) is 25.7 Å². The van der Waals surface area contributed by atoms with Gasteiger partial charge in [-0.15, -0.1) is 0 Å². The summed E-state index contributed by atoms with van der Waals surface area (Å²) in [6, 6.07) is 70.4. The van der Waals surface area contributed by atoms with Crippen LogP contribution in [0.1, 0.15) is 149 Å². The van der Waals surface area contributed by atoms with Gasteiger partial charge in [0.15, 0.2) is 0 Å². The Balaban J connectivity index is 1.19. The predicted octanol–water partition coefficient (Wildman–Crippen LogP) is 18.2. The molecule has 2 nitrogen and oxygen atoms in total. The second-order valence-electron chi connectivity index (χ2n) is 24.1. The molecule has 0 saturated carbocycles. The molecule has 78 heavy (non-hydrogen) atoms. The van der Waals surface area contributed by atoms with Gasteiger partial charge in [-0.2, -0.15) is 0 Å². The lowest BCUT2D eigenvalue weighted by atomic mass is 9.33. The summed E-state index contributed by atoms with van der Waals surface area (Å²) in [5.41, 5.74) is 31.0. The van der Waals surface area contributed by atoms with Crippen LogP contribution in [-0.2, 0) is 5.41 Å². The van der Waals surface area contributed by atoms with Crippen LogP contribution in [0.4, 0.5) is 0 Å². The molecule has 0 bridgehead atoms. The Morgan fingerprint density at radius 1 is 0.359 bits per heavy atom. The minimum absolute atomic E-state index is 0.0243. The fourth-order valence-electron chi connectivity index (χ4n) is 15.6. The van der Waals surface area contributed by atoms with Crippen molar-refractivity contribution in [2.24, 2.45) is 0 Å². The van der Waals surface area contributed by atoms with Gasteiger partial charge in [-0.05, 0) is 185 Å². The van der Waals surface area contributed by atoms with E-state index in [1.54, 1.807) is 0 Å². The topological polar surface area (TPSA) is 9.86 Å². The Kier molecular flexibility index (Phi) is 9.83. The third-order valence-corrected chi connectivity index (χ3v) is 20.4. The van der Waals surface area contributed by atoms with Crippen LogP contribution in [0.5, 0.6) is 0 Å². The van der Waals surface area contributed by atoms with E-state index in [2.05, 4.69) is 240 Å². The summed E-state index contributed by atoms with van der Waals surface area (Å²) in [5.74, 6) is 1.62. The van der Waals surface area contributed by atoms with E-state index in [1.807, 2.05) is 0 Å². The number of hydrogen-bond donors (Lipinski definition) is 0. The van der Waals surface area contributed by atoms with Gasteiger partial charge in [0.1, 0.15) is 0 Å². The van der Waals surface area contributed by atoms with Crippen molar-refractivity contribution in [3.8, 4) is 44.8 Å². The third-order valence-electron chi connectivity index (χ3n) is 20.4. The molecule has 5 heterocycles. The maximum atomic E-state index is 2.84. The van der Waals surface area contributed by atoms with Crippen LogP contribution in [0.25, 0.3) is 99.1 Å². The molecule has 1 aliphatic carbocycles. The maximum absolute atomic E-state index is 2.84. The zero-order valence-electron chi connectivity index (χ0n) is 46.4. The Labute approximate surface area is 459 Å². The summed E-state index contributed by atoms with van der Waals surface area (Å²) < 4.78 is 5.62. The van der Waals surface area contributed by atoms with Crippen molar-refractivity contribution in [1.82, 2.24) is 9.13 Å². The van der Waals surface area contributed by atoms with Gasteiger partial charge in [0, 0.05) is 43.8 Å². The fourth-order valence-corrected chi connectivity index (χ4v) is 15.6. The highest BCUT2D eigenvalue weighted by atomic mass is 15.1. The van der Waals surface area contributed by atoms with Crippen molar-refractivity contribution in [2.45, 2.75) is 110 Å². The van der Waals surface area contributed by atoms with Gasteiger partial charge in [-0.1, -0.05) is 195 Å². The summed E-state index contributed by atoms with van der Waals surface area (Å²) in [7, 11) is 0. The van der Waals surface area contributed by atoms with E-state index < -0.39 is 5.41 Å². The normalized spacial score (nSPS) is 15.5. The average Bonchev–Trinajstić information content (AvgIpc) is 1.86. The summed E-state index contributed by atoms with van der Waals surface area (Å²) in [4.78, 5) is 0. The Hall–Kier alpha value is -7.88. The van der Waals surface area contributed by atoms with E-state index >= 15 is 0 Å². The zero-order valence-corrected chi connectivity index (χ0v) is 46.4. The lowest BCUT2D eigenvalue weighted by Gasteiger charge is -2.45. The number of benzene rings is 10. The molecule has 1 spiro atoms. The van der Waals surface area contributed by atoms with Gasteiger partial charge in [-0.3, -0.25) is 0 Å². The van der Waals surface area contributed by atoms with Crippen molar-refractivity contribution in [3.05, 3.63) is 220 Å². The first-order valence-electron chi connectivity index (χ1n) is 29.5. The summed E-state index contributed by atoms with van der Waals surface area (Å²) in [5, 5.41) is 8.11. The SMILES string of the molecule is CCC(C)c1ccc2c(c1)c1cc(C(C)CC)cc3c1n2-c1c(-c2cccc4c(-c5ccccc5)cccc24)cc2c4c1B3c1cc(C(C)CC)cc3c5cc(C(C)CC)cc(c5n-4c13)C21c2ccccc2-c2ccccc21. The van der Waals surface area contributed by atoms with Crippen molar-refractivity contribution in [1.29, 1.82) is 0 Å². The summed E-state index contributed by atoms with van der Waals surface area (Å²) in [6.07, 6.45) is 4.34. The van der Waals surface area contributed by atoms with Crippen molar-refractivity contribution < 1.29 is 0 Å². The highest BCUT2D eigenvalue weighted by Crippen LogP contribution is 2.63. The zero-order chi connectivity index (χ0) is 52.6. The lowest BCUT2D eigenvalue weighted by molar-refractivity contribution is 0.717. The Morgan fingerprint density at radius 3 is 1.49 bits per heavy atom. The standard InChI is InChI=1S/C75H65BN2/c1-9-42(5)47-32-33-68-57(34-47)58-36-49(44(7)11-3)39-66-71(58)77(68)73-61(54-29-21-27-52-51(26-20-28-53(52)54)46-22-14-13-15-23-46)41-65-74-69(73)76(66)67-40-50(45(8)12-4)37-60-59-35-48(43(6)10-2)38-64(70(59)78(74)72(60)67)75(65)62-30-18-16-24-55(62)56-25-17-19-31-63(56)75/h13-45H,9-12H2,1-8H3. The first-order chi connectivity index (χ1) is 38.2. The molecule has 4 atom stereocenters. The van der Waals surface area contributed by atoms with Crippen molar-refractivity contribution >= 4 is 77.5 Å². The molecule has 4 unspecified atom stereocenters. The highest BCUT2D eigenvalue weighted by molar-refractivity contribution is 7.00. The minimum Gasteiger partial charge on any atom is -0.310 e. The van der Waals surface area contributed by atoms with Crippen LogP contribution in [0.2, 0.25) is 0 Å². The van der Waals surface area contributed by atoms with Gasteiger partial charge in [0.25, 0.3) is 6.71 Å². The average molecular weight is 1010 g/mol. The molecular weight excluding hydrogens is 940 g/mol. The lowest BCUT2D eigenvalue weighted by Crippen LogP contribution is -2.61. The van der Waals surface area contributed by atoms with E-state index in [0.29, 0.717) is 23.7 Å². The molecule has 0 radical (unpaired) electrons. The van der Waals surface area contributed by atoms with Crippen LogP contribution < -0.4 is 16.4 Å². The molecular formula is C75H65BN2. The quantitative estimate of drug-likeness (QED) is 0.121. The van der Waals surface area contributed by atoms with Crippen LogP contribution in [0, 0.1) is 0 Å². The van der Waals surface area contributed by atoms with Gasteiger partial charge in [-0.25, -0.2) is 0 Å². The molecule has 0 amide bonds. The van der Waals surface area contributed by atoms with Crippen LogP contribution in [0.3, 0.4) is 0 Å². The molecule has 0 N–H and O–H groups in total. The first-order valence-corrected chi connectivity index (χ1v) is 29.5. The molecule has 4 aliphatic rings. The molecule has 0 saturated heterocycles. The van der Waals surface area contributed by atoms with Crippen LogP contribution in [-0.4, -0.2) is 15.8 Å². The van der Waals surface area contributed by atoms with E-state index in [-0.39, 0.29) is 6.71 Å². The molecule has 16 rings (SSSR count). The molecule has 10 aromatic carbocycles. The summed E-state index contributed by atoms with van der Waals surface area (Å²) in [6.45, 7) is 19.2. The van der Waals surface area contributed by atoms with E-state index in [4.69, 9.17) is 0 Å². The van der Waals surface area contributed by atoms with Crippen LogP contribution in [0.15, 0.2) is 176 Å². The Bertz CT molecular complexity index is 4540. The molecule has 2 aromatic heterocycles. The van der Waals surface area contributed by atoms with Gasteiger partial charge < -0.3 is 9.13 Å². The minimum atomic E-state index is -0.613. The molecule has 3 heteroatoms. The molecule has 12 aromatic rings. The number of aromatic nitrogens is 2. The first kappa shape index (κ1) is 46.2. The van der Waals surface area contributed by atoms with Gasteiger partial charge >= 0.3 is 0 Å². The van der Waals surface area contributed by atoms with Crippen molar-refractivity contribution in [3.63, 3.8) is 0 Å².